The van der Waals surface area contributed by atoms with Gasteiger partial charge in [-0.3, -0.25) is 4.79 Å². The highest BCUT2D eigenvalue weighted by Crippen LogP contribution is 2.50. The molecule has 5 rings (SSSR count). The number of halogens is 3. The molecule has 4 aromatic rings. The topological polar surface area (TPSA) is 66.2 Å². The first kappa shape index (κ1) is 25.5. The van der Waals surface area contributed by atoms with E-state index in [1.54, 1.807) is 0 Å². The quantitative estimate of drug-likeness (QED) is 0.196. The molecule has 1 aliphatic carbocycles. The van der Waals surface area contributed by atoms with Crippen LogP contribution in [0.1, 0.15) is 41.0 Å². The molecule has 1 aliphatic rings. The van der Waals surface area contributed by atoms with Gasteiger partial charge in [0.15, 0.2) is 5.82 Å². The Morgan fingerprint density at radius 2 is 1.66 bits per heavy atom. The fourth-order valence-corrected chi connectivity index (χ4v) is 4.78. The van der Waals surface area contributed by atoms with Crippen molar-refractivity contribution >= 4 is 5.97 Å². The molecule has 0 N–H and O–H groups in total. The van der Waals surface area contributed by atoms with Crippen LogP contribution in [0.2, 0.25) is 0 Å². The number of esters is 1. The van der Waals surface area contributed by atoms with Crippen LogP contribution in [0.3, 0.4) is 0 Å². The molecule has 3 aromatic carbocycles. The zero-order chi connectivity index (χ0) is 27.0. The first-order chi connectivity index (χ1) is 18.1. The van der Waals surface area contributed by atoms with Crippen molar-refractivity contribution in [3.63, 3.8) is 0 Å². The predicted molar refractivity (Wildman–Crippen MR) is 135 cm³/mol. The standard InChI is InChI=1S/C29H26F3N3O3/c1-17-12-18(2)27(19(3)13-17)37-26(36)15-22-14-25(22)20-4-6-21(7-5-20)28-33-16-35(34-28)23-8-10-24(11-9-23)38-29(30,31)32/h4-13,16,22,25H,14-15H2,1-3H3. The summed E-state index contributed by atoms with van der Waals surface area (Å²) in [5, 5.41) is 4.44. The zero-order valence-electron chi connectivity index (χ0n) is 21.1. The van der Waals surface area contributed by atoms with Crippen LogP contribution in [0.15, 0.2) is 67.0 Å². The molecule has 0 saturated heterocycles. The van der Waals surface area contributed by atoms with E-state index >= 15 is 0 Å². The molecule has 0 bridgehead atoms. The molecule has 1 fully saturated rings. The van der Waals surface area contributed by atoms with E-state index in [1.165, 1.54) is 35.3 Å². The van der Waals surface area contributed by atoms with E-state index in [-0.39, 0.29) is 17.6 Å². The molecule has 9 heteroatoms. The van der Waals surface area contributed by atoms with E-state index in [0.717, 1.165) is 34.2 Å². The molecule has 2 unspecified atom stereocenters. The SMILES string of the molecule is Cc1cc(C)c(OC(=O)CC2CC2c2ccc(-c3ncn(-c4ccc(OC(F)(F)F)cc4)n3)cc2)c(C)c1. The van der Waals surface area contributed by atoms with Gasteiger partial charge in [-0.1, -0.05) is 42.0 Å². The maximum absolute atomic E-state index is 12.6. The third-order valence-electron chi connectivity index (χ3n) is 6.60. The fourth-order valence-electron chi connectivity index (χ4n) is 4.78. The Morgan fingerprint density at radius 1 is 1.00 bits per heavy atom. The van der Waals surface area contributed by atoms with Gasteiger partial charge in [-0.05, 0) is 80.0 Å². The zero-order valence-corrected chi connectivity index (χ0v) is 21.1. The van der Waals surface area contributed by atoms with Crippen molar-refractivity contribution in [3.8, 4) is 28.6 Å². The highest BCUT2D eigenvalue weighted by molar-refractivity contribution is 5.74. The molecular formula is C29H26F3N3O3. The number of nitrogens with zero attached hydrogens (tertiary/aromatic N) is 3. The minimum absolute atomic E-state index is 0.211. The van der Waals surface area contributed by atoms with Crippen molar-refractivity contribution < 1.29 is 27.4 Å². The molecule has 1 saturated carbocycles. The number of hydrogen-bond donors (Lipinski definition) is 0. The van der Waals surface area contributed by atoms with Crippen molar-refractivity contribution in [3.05, 3.63) is 89.2 Å². The van der Waals surface area contributed by atoms with E-state index in [2.05, 4.69) is 14.8 Å². The van der Waals surface area contributed by atoms with Crippen LogP contribution in [0, 0.1) is 26.7 Å². The number of aromatic nitrogens is 3. The average Bonchev–Trinajstić information content (AvgIpc) is 3.42. The van der Waals surface area contributed by atoms with Gasteiger partial charge < -0.3 is 9.47 Å². The molecular weight excluding hydrogens is 495 g/mol. The number of carbonyl (C=O) groups excluding carboxylic acids is 1. The van der Waals surface area contributed by atoms with Gasteiger partial charge in [0.25, 0.3) is 0 Å². The molecule has 6 nitrogen and oxygen atoms in total. The number of benzene rings is 3. The lowest BCUT2D eigenvalue weighted by molar-refractivity contribution is -0.274. The number of carbonyl (C=O) groups is 1. The Kier molecular flexibility index (Phi) is 6.69. The monoisotopic (exact) mass is 521 g/mol. The normalized spacial score (nSPS) is 16.8. The second-order valence-electron chi connectivity index (χ2n) is 9.68. The van der Waals surface area contributed by atoms with Crippen LogP contribution >= 0.6 is 0 Å². The Morgan fingerprint density at radius 3 is 2.29 bits per heavy atom. The van der Waals surface area contributed by atoms with Crippen LogP contribution in [0.25, 0.3) is 17.1 Å². The predicted octanol–water partition coefficient (Wildman–Crippen LogP) is 6.86. The Hall–Kier alpha value is -4.14. The summed E-state index contributed by atoms with van der Waals surface area (Å²) >= 11 is 0. The minimum atomic E-state index is -4.74. The summed E-state index contributed by atoms with van der Waals surface area (Å²) in [4.78, 5) is 16.9. The summed E-state index contributed by atoms with van der Waals surface area (Å²) in [6, 6.07) is 17.3. The van der Waals surface area contributed by atoms with Crippen LogP contribution < -0.4 is 9.47 Å². The summed E-state index contributed by atoms with van der Waals surface area (Å²) < 4.78 is 48.2. The summed E-state index contributed by atoms with van der Waals surface area (Å²) in [7, 11) is 0. The number of alkyl halides is 3. The van der Waals surface area contributed by atoms with Crippen LogP contribution in [-0.4, -0.2) is 27.1 Å². The molecule has 0 radical (unpaired) electrons. The number of aryl methyl sites for hydroxylation is 3. The van der Waals surface area contributed by atoms with E-state index < -0.39 is 6.36 Å². The van der Waals surface area contributed by atoms with Crippen LogP contribution in [0.5, 0.6) is 11.5 Å². The summed E-state index contributed by atoms with van der Waals surface area (Å²) in [6.45, 7) is 5.92. The lowest BCUT2D eigenvalue weighted by atomic mass is 10.1. The van der Waals surface area contributed by atoms with Crippen molar-refractivity contribution in [1.29, 1.82) is 0 Å². The molecule has 1 heterocycles. The molecule has 1 aromatic heterocycles. The first-order valence-corrected chi connectivity index (χ1v) is 12.2. The van der Waals surface area contributed by atoms with Crippen molar-refractivity contribution in [2.45, 2.75) is 45.9 Å². The maximum atomic E-state index is 12.6. The lowest BCUT2D eigenvalue weighted by Gasteiger charge is -2.11. The van der Waals surface area contributed by atoms with E-state index in [0.29, 0.717) is 29.6 Å². The number of hydrogen-bond acceptors (Lipinski definition) is 5. The second kappa shape index (κ2) is 9.96. The van der Waals surface area contributed by atoms with Gasteiger partial charge in [0, 0.05) is 12.0 Å². The molecule has 2 atom stereocenters. The van der Waals surface area contributed by atoms with Gasteiger partial charge in [-0.2, -0.15) is 0 Å². The first-order valence-electron chi connectivity index (χ1n) is 12.2. The highest BCUT2D eigenvalue weighted by atomic mass is 19.4. The molecule has 196 valence electrons. The van der Waals surface area contributed by atoms with Gasteiger partial charge >= 0.3 is 12.3 Å². The van der Waals surface area contributed by atoms with E-state index in [1.807, 2.05) is 57.2 Å². The maximum Gasteiger partial charge on any atom is 0.573 e. The summed E-state index contributed by atoms with van der Waals surface area (Å²) in [5.41, 5.74) is 5.57. The van der Waals surface area contributed by atoms with Crippen molar-refractivity contribution in [2.24, 2.45) is 5.92 Å². The number of rotatable bonds is 7. The van der Waals surface area contributed by atoms with Crippen LogP contribution in [0.4, 0.5) is 13.2 Å². The molecule has 0 amide bonds. The van der Waals surface area contributed by atoms with Gasteiger partial charge in [-0.25, -0.2) is 9.67 Å². The van der Waals surface area contributed by atoms with Gasteiger partial charge in [0.1, 0.15) is 17.8 Å². The smallest absolute Gasteiger partial charge is 0.426 e. The van der Waals surface area contributed by atoms with Crippen molar-refractivity contribution in [1.82, 2.24) is 14.8 Å². The van der Waals surface area contributed by atoms with E-state index in [9.17, 15) is 18.0 Å². The molecule has 0 spiro atoms. The number of ether oxygens (including phenoxy) is 2. The molecule has 38 heavy (non-hydrogen) atoms. The summed E-state index contributed by atoms with van der Waals surface area (Å²) in [5.74, 6) is 1.19. The third kappa shape index (κ3) is 5.88. The summed E-state index contributed by atoms with van der Waals surface area (Å²) in [6.07, 6.45) is -1.93. The van der Waals surface area contributed by atoms with Gasteiger partial charge in [0.2, 0.25) is 0 Å². The van der Waals surface area contributed by atoms with Crippen LogP contribution in [-0.2, 0) is 4.79 Å². The average molecular weight is 522 g/mol. The highest BCUT2D eigenvalue weighted by Gasteiger charge is 2.40. The Bertz CT molecular complexity index is 1440. The minimum Gasteiger partial charge on any atom is -0.426 e. The Labute approximate surface area is 218 Å². The second-order valence-corrected chi connectivity index (χ2v) is 9.68. The van der Waals surface area contributed by atoms with E-state index in [4.69, 9.17) is 4.74 Å². The van der Waals surface area contributed by atoms with Crippen molar-refractivity contribution in [2.75, 3.05) is 0 Å². The lowest BCUT2D eigenvalue weighted by Crippen LogP contribution is -2.17. The fraction of sp³-hybridized carbons (Fsp3) is 0.276. The third-order valence-corrected chi connectivity index (χ3v) is 6.60. The van der Waals surface area contributed by atoms with Gasteiger partial charge in [0.05, 0.1) is 5.69 Å². The molecule has 0 aliphatic heterocycles. The largest absolute Gasteiger partial charge is 0.573 e. The van der Waals surface area contributed by atoms with Gasteiger partial charge in [-0.15, -0.1) is 18.3 Å². The Balaban J connectivity index is 1.18.